The molecule has 214 valence electrons. The molecule has 1 heterocycles. The van der Waals surface area contributed by atoms with Crippen molar-refractivity contribution >= 4 is 27.8 Å². The molecule has 0 fully saturated rings. The molecule has 9 rings (SSSR count). The molecule has 2 nitrogen and oxygen atoms in total. The number of anilines is 3. The Kier molecular flexibility index (Phi) is 5.58. The number of hydrogen-bond donors (Lipinski definition) is 0. The predicted octanol–water partition coefficient (Wildman–Crippen LogP) is 12.1. The summed E-state index contributed by atoms with van der Waals surface area (Å²) in [7, 11) is 0. The largest absolute Gasteiger partial charge is 0.456 e. The molecule has 7 aromatic carbocycles. The van der Waals surface area contributed by atoms with Crippen molar-refractivity contribution in [1.29, 1.82) is 0 Å². The standard InChI is InChI=1S/C43H31NO/c1-43(2)36-21-11-8-18-32(36)33-25-24-30(27-37(33)43)44(29-15-4-3-5-16-29)38-26-28-14-6-7-17-31(28)41-34-19-9-12-22-39(34)45-40-23-13-10-20-35(40)42(38)41/h3-27H,1-2H3. The van der Waals surface area contributed by atoms with Gasteiger partial charge < -0.3 is 9.64 Å². The van der Waals surface area contributed by atoms with Gasteiger partial charge in [0.25, 0.3) is 0 Å². The van der Waals surface area contributed by atoms with Crippen molar-refractivity contribution < 1.29 is 4.74 Å². The zero-order valence-electron chi connectivity index (χ0n) is 25.3. The number of ether oxygens (including phenoxy) is 1. The van der Waals surface area contributed by atoms with Crippen molar-refractivity contribution in [3.05, 3.63) is 163 Å². The topological polar surface area (TPSA) is 12.5 Å². The van der Waals surface area contributed by atoms with Crippen molar-refractivity contribution in [2.24, 2.45) is 0 Å². The lowest BCUT2D eigenvalue weighted by Crippen LogP contribution is -2.17. The maximum Gasteiger partial charge on any atom is 0.135 e. The normalized spacial score (nSPS) is 13.5. The average molecular weight is 578 g/mol. The molecule has 0 radical (unpaired) electrons. The second-order valence-corrected chi connectivity index (χ2v) is 12.5. The van der Waals surface area contributed by atoms with Gasteiger partial charge >= 0.3 is 0 Å². The van der Waals surface area contributed by atoms with Gasteiger partial charge in [-0.2, -0.15) is 0 Å². The zero-order valence-corrected chi connectivity index (χ0v) is 25.3. The molecule has 0 atom stereocenters. The molecule has 7 aromatic rings. The van der Waals surface area contributed by atoms with Crippen molar-refractivity contribution in [3.63, 3.8) is 0 Å². The maximum absolute atomic E-state index is 6.69. The van der Waals surface area contributed by atoms with Crippen LogP contribution >= 0.6 is 0 Å². The molecule has 2 heteroatoms. The Hall–Kier alpha value is -5.60. The summed E-state index contributed by atoms with van der Waals surface area (Å²) in [6, 6.07) is 54.6. The van der Waals surface area contributed by atoms with Crippen LogP contribution in [0.1, 0.15) is 25.0 Å². The molecule has 0 spiro atoms. The van der Waals surface area contributed by atoms with E-state index < -0.39 is 0 Å². The zero-order chi connectivity index (χ0) is 30.1. The summed E-state index contributed by atoms with van der Waals surface area (Å²) in [4.78, 5) is 2.44. The van der Waals surface area contributed by atoms with E-state index in [9.17, 15) is 0 Å². The van der Waals surface area contributed by atoms with Gasteiger partial charge in [-0.05, 0) is 75.5 Å². The first-order valence-corrected chi connectivity index (χ1v) is 15.6. The third-order valence-electron chi connectivity index (χ3n) is 9.64. The van der Waals surface area contributed by atoms with Crippen LogP contribution in [0.3, 0.4) is 0 Å². The molecule has 0 saturated heterocycles. The molecule has 1 aliphatic heterocycles. The van der Waals surface area contributed by atoms with Crippen molar-refractivity contribution in [2.45, 2.75) is 19.3 Å². The highest BCUT2D eigenvalue weighted by Gasteiger charge is 2.36. The van der Waals surface area contributed by atoms with E-state index in [0.29, 0.717) is 0 Å². The van der Waals surface area contributed by atoms with Crippen LogP contribution in [0, 0.1) is 0 Å². The summed E-state index contributed by atoms with van der Waals surface area (Å²) in [5, 5.41) is 2.40. The van der Waals surface area contributed by atoms with Crippen LogP contribution in [0.25, 0.3) is 44.2 Å². The smallest absolute Gasteiger partial charge is 0.135 e. The van der Waals surface area contributed by atoms with Crippen molar-refractivity contribution in [3.8, 4) is 44.9 Å². The van der Waals surface area contributed by atoms with E-state index in [4.69, 9.17) is 4.74 Å². The number of benzene rings is 7. The lowest BCUT2D eigenvalue weighted by molar-refractivity contribution is 0.488. The first-order chi connectivity index (χ1) is 22.1. The summed E-state index contributed by atoms with van der Waals surface area (Å²) >= 11 is 0. The molecular formula is C43H31NO. The third kappa shape index (κ3) is 3.82. The third-order valence-corrected chi connectivity index (χ3v) is 9.64. The minimum absolute atomic E-state index is 0.107. The summed E-state index contributed by atoms with van der Waals surface area (Å²) in [6.07, 6.45) is 0. The van der Waals surface area contributed by atoms with E-state index in [2.05, 4.69) is 170 Å². The van der Waals surface area contributed by atoms with Crippen molar-refractivity contribution in [1.82, 2.24) is 0 Å². The van der Waals surface area contributed by atoms with Gasteiger partial charge in [-0.1, -0.05) is 123 Å². The molecule has 2 aliphatic rings. The Labute approximate surface area is 263 Å². The number of rotatable bonds is 3. The molecule has 0 unspecified atom stereocenters. The second kappa shape index (κ2) is 9.70. The summed E-state index contributed by atoms with van der Waals surface area (Å²) in [5.74, 6) is 1.73. The number of hydrogen-bond acceptors (Lipinski definition) is 2. The highest BCUT2D eigenvalue weighted by atomic mass is 16.5. The van der Waals surface area contributed by atoms with Crippen LogP contribution in [0.2, 0.25) is 0 Å². The molecule has 0 bridgehead atoms. The number of para-hydroxylation sites is 3. The van der Waals surface area contributed by atoms with E-state index >= 15 is 0 Å². The average Bonchev–Trinajstić information content (AvgIpc) is 3.20. The van der Waals surface area contributed by atoms with Crippen LogP contribution in [0.4, 0.5) is 17.1 Å². The monoisotopic (exact) mass is 577 g/mol. The molecule has 0 amide bonds. The summed E-state index contributed by atoms with van der Waals surface area (Å²) in [6.45, 7) is 4.70. The van der Waals surface area contributed by atoms with Crippen molar-refractivity contribution in [2.75, 3.05) is 4.90 Å². The SMILES string of the molecule is CC1(C)c2ccccc2-c2ccc(N(c3ccccc3)c3cc4ccccc4c4c3-c3ccccc3Oc3ccccc3-4)cc21. The Morgan fingerprint density at radius 1 is 0.467 bits per heavy atom. The first kappa shape index (κ1) is 25.9. The van der Waals surface area contributed by atoms with Crippen LogP contribution in [-0.4, -0.2) is 0 Å². The highest BCUT2D eigenvalue weighted by Crippen LogP contribution is 2.56. The van der Waals surface area contributed by atoms with Gasteiger partial charge in [0.1, 0.15) is 11.5 Å². The van der Waals surface area contributed by atoms with Crippen LogP contribution < -0.4 is 9.64 Å². The Morgan fingerprint density at radius 2 is 1.07 bits per heavy atom. The van der Waals surface area contributed by atoms with Crippen LogP contribution in [-0.2, 0) is 5.41 Å². The van der Waals surface area contributed by atoms with E-state index in [1.807, 2.05) is 0 Å². The van der Waals surface area contributed by atoms with Gasteiger partial charge in [-0.15, -0.1) is 0 Å². The van der Waals surface area contributed by atoms with Gasteiger partial charge in [0.15, 0.2) is 0 Å². The van der Waals surface area contributed by atoms with Gasteiger partial charge in [0.2, 0.25) is 0 Å². The molecule has 0 aromatic heterocycles. The van der Waals surface area contributed by atoms with Gasteiger partial charge in [-0.3, -0.25) is 0 Å². The van der Waals surface area contributed by atoms with E-state index in [1.54, 1.807) is 0 Å². The minimum Gasteiger partial charge on any atom is -0.456 e. The van der Waals surface area contributed by atoms with Gasteiger partial charge in [0.05, 0.1) is 5.69 Å². The molecule has 45 heavy (non-hydrogen) atoms. The maximum atomic E-state index is 6.69. The Morgan fingerprint density at radius 3 is 1.84 bits per heavy atom. The molecule has 0 saturated carbocycles. The first-order valence-electron chi connectivity index (χ1n) is 15.6. The highest BCUT2D eigenvalue weighted by molar-refractivity contribution is 6.13. The fourth-order valence-electron chi connectivity index (χ4n) is 7.54. The van der Waals surface area contributed by atoms with Gasteiger partial charge in [-0.25, -0.2) is 0 Å². The number of nitrogens with zero attached hydrogens (tertiary/aromatic N) is 1. The quantitative estimate of drug-likeness (QED) is 0.207. The van der Waals surface area contributed by atoms with Gasteiger partial charge in [0, 0.05) is 39.0 Å². The van der Waals surface area contributed by atoms with Crippen LogP contribution in [0.5, 0.6) is 11.5 Å². The fraction of sp³-hybridized carbons (Fsp3) is 0.0698. The molecule has 0 N–H and O–H groups in total. The lowest BCUT2D eigenvalue weighted by Gasteiger charge is -2.31. The fourth-order valence-corrected chi connectivity index (χ4v) is 7.54. The minimum atomic E-state index is -0.107. The summed E-state index contributed by atoms with van der Waals surface area (Å²) in [5.41, 5.74) is 13.2. The van der Waals surface area contributed by atoms with E-state index in [0.717, 1.165) is 39.7 Å². The van der Waals surface area contributed by atoms with E-state index in [-0.39, 0.29) is 5.41 Å². The lowest BCUT2D eigenvalue weighted by atomic mass is 9.82. The predicted molar refractivity (Wildman–Crippen MR) is 187 cm³/mol. The van der Waals surface area contributed by atoms with E-state index in [1.165, 1.54) is 44.2 Å². The Bertz CT molecular complexity index is 2280. The Balaban J connectivity index is 1.40. The second-order valence-electron chi connectivity index (χ2n) is 12.5. The number of fused-ring (bicyclic) bond motifs is 10. The molecule has 1 aliphatic carbocycles. The summed E-state index contributed by atoms with van der Waals surface area (Å²) < 4.78 is 6.69. The van der Waals surface area contributed by atoms with Crippen LogP contribution in [0.15, 0.2) is 152 Å². The molecular weight excluding hydrogens is 546 g/mol.